The number of nitrogens with zero attached hydrogens (tertiary/aromatic N) is 2. The monoisotopic (exact) mass is 348 g/mol. The number of fused-ring (bicyclic) bond motifs is 1. The predicted octanol–water partition coefficient (Wildman–Crippen LogP) is 5.93. The molecule has 0 amide bonds. The molecule has 0 radical (unpaired) electrons. The van der Waals surface area contributed by atoms with E-state index in [1.807, 2.05) is 6.07 Å². The smallest absolute Gasteiger partial charge is 0.121 e. The SMILES string of the molecule is CCC(CC)Oc1ccc2ccc(-c3ccc(N(C)CC)cc3)nc2c1. The molecule has 0 N–H and O–H groups in total. The van der Waals surface area contributed by atoms with Gasteiger partial charge in [-0.1, -0.05) is 32.0 Å². The molecule has 3 aromatic rings. The molecule has 0 atom stereocenters. The summed E-state index contributed by atoms with van der Waals surface area (Å²) in [6.45, 7) is 7.46. The molecule has 0 saturated heterocycles. The Kier molecular flexibility index (Phi) is 5.77. The second kappa shape index (κ2) is 8.22. The van der Waals surface area contributed by atoms with Crippen LogP contribution in [0.3, 0.4) is 0 Å². The number of anilines is 1. The number of benzene rings is 2. The Morgan fingerprint density at radius 3 is 2.27 bits per heavy atom. The van der Waals surface area contributed by atoms with E-state index in [9.17, 15) is 0 Å². The molecule has 1 aromatic heterocycles. The summed E-state index contributed by atoms with van der Waals surface area (Å²) in [4.78, 5) is 7.09. The van der Waals surface area contributed by atoms with Gasteiger partial charge in [-0.15, -0.1) is 0 Å². The van der Waals surface area contributed by atoms with Crippen molar-refractivity contribution in [2.24, 2.45) is 0 Å². The maximum Gasteiger partial charge on any atom is 0.121 e. The molecule has 0 saturated carbocycles. The summed E-state index contributed by atoms with van der Waals surface area (Å²) >= 11 is 0. The zero-order chi connectivity index (χ0) is 18.5. The summed E-state index contributed by atoms with van der Waals surface area (Å²) in [6.07, 6.45) is 2.29. The Balaban J connectivity index is 1.89. The lowest BCUT2D eigenvalue weighted by Gasteiger charge is -2.17. The average Bonchev–Trinajstić information content (AvgIpc) is 2.71. The van der Waals surface area contributed by atoms with Crippen molar-refractivity contribution in [3.05, 3.63) is 54.6 Å². The first-order chi connectivity index (χ1) is 12.6. The Hall–Kier alpha value is -2.55. The van der Waals surface area contributed by atoms with Crippen molar-refractivity contribution in [2.45, 2.75) is 39.7 Å². The van der Waals surface area contributed by atoms with Gasteiger partial charge in [0.05, 0.1) is 17.3 Å². The van der Waals surface area contributed by atoms with Crippen LogP contribution >= 0.6 is 0 Å². The summed E-state index contributed by atoms with van der Waals surface area (Å²) in [5, 5.41) is 1.13. The van der Waals surface area contributed by atoms with Gasteiger partial charge in [0.15, 0.2) is 0 Å². The van der Waals surface area contributed by atoms with Crippen molar-refractivity contribution in [1.29, 1.82) is 0 Å². The fraction of sp³-hybridized carbons (Fsp3) is 0.348. The van der Waals surface area contributed by atoms with Crippen LogP contribution in [0.4, 0.5) is 5.69 Å². The van der Waals surface area contributed by atoms with Crippen molar-refractivity contribution in [3.63, 3.8) is 0 Å². The lowest BCUT2D eigenvalue weighted by molar-refractivity contribution is 0.193. The minimum Gasteiger partial charge on any atom is -0.490 e. The molecule has 0 fully saturated rings. The zero-order valence-corrected chi connectivity index (χ0v) is 16.2. The molecule has 1 heterocycles. The lowest BCUT2D eigenvalue weighted by atomic mass is 10.1. The van der Waals surface area contributed by atoms with Crippen LogP contribution < -0.4 is 9.64 Å². The molecule has 26 heavy (non-hydrogen) atoms. The Labute approximate surface area is 156 Å². The van der Waals surface area contributed by atoms with E-state index in [1.54, 1.807) is 0 Å². The predicted molar refractivity (Wildman–Crippen MR) is 111 cm³/mol. The van der Waals surface area contributed by atoms with E-state index in [1.165, 1.54) is 5.69 Å². The zero-order valence-electron chi connectivity index (χ0n) is 16.2. The molecule has 2 aromatic carbocycles. The van der Waals surface area contributed by atoms with E-state index in [-0.39, 0.29) is 6.10 Å². The normalized spacial score (nSPS) is 11.1. The Morgan fingerprint density at radius 2 is 1.62 bits per heavy atom. The van der Waals surface area contributed by atoms with Crippen molar-refractivity contribution in [2.75, 3.05) is 18.5 Å². The quantitative estimate of drug-likeness (QED) is 0.529. The molecule has 3 rings (SSSR count). The fourth-order valence-electron chi connectivity index (χ4n) is 3.05. The number of pyridine rings is 1. The van der Waals surface area contributed by atoms with Gasteiger partial charge >= 0.3 is 0 Å². The molecule has 0 unspecified atom stereocenters. The molecule has 0 spiro atoms. The van der Waals surface area contributed by atoms with Gasteiger partial charge in [-0.3, -0.25) is 0 Å². The standard InChI is InChI=1S/C23H28N2O/c1-5-20(6-2)26-21-14-10-18-11-15-22(24-23(18)16-21)17-8-12-19(13-9-17)25(4)7-3/h8-16,20H,5-7H2,1-4H3. The second-order valence-electron chi connectivity index (χ2n) is 6.67. The van der Waals surface area contributed by atoms with E-state index < -0.39 is 0 Å². The van der Waals surface area contributed by atoms with Crippen LogP contribution in [0.5, 0.6) is 5.75 Å². The van der Waals surface area contributed by atoms with Crippen molar-refractivity contribution < 1.29 is 4.74 Å². The van der Waals surface area contributed by atoms with Crippen LogP contribution in [0, 0.1) is 0 Å². The number of ether oxygens (including phenoxy) is 1. The summed E-state index contributed by atoms with van der Waals surface area (Å²) in [7, 11) is 2.10. The van der Waals surface area contributed by atoms with Gasteiger partial charge < -0.3 is 9.64 Å². The summed E-state index contributed by atoms with van der Waals surface area (Å²) in [5.74, 6) is 0.899. The van der Waals surface area contributed by atoms with Crippen LogP contribution in [-0.4, -0.2) is 24.7 Å². The molecule has 3 nitrogen and oxygen atoms in total. The maximum atomic E-state index is 6.08. The Morgan fingerprint density at radius 1 is 0.923 bits per heavy atom. The number of rotatable bonds is 7. The van der Waals surface area contributed by atoms with E-state index in [2.05, 4.69) is 81.2 Å². The molecule has 3 heteroatoms. The molecule has 0 aliphatic heterocycles. The van der Waals surface area contributed by atoms with Crippen LogP contribution in [0.25, 0.3) is 22.2 Å². The summed E-state index contributed by atoms with van der Waals surface area (Å²) < 4.78 is 6.08. The van der Waals surface area contributed by atoms with Crippen molar-refractivity contribution in [3.8, 4) is 17.0 Å². The van der Waals surface area contributed by atoms with Crippen LogP contribution in [0.2, 0.25) is 0 Å². The van der Waals surface area contributed by atoms with Crippen molar-refractivity contribution >= 4 is 16.6 Å². The van der Waals surface area contributed by atoms with Gasteiger partial charge in [0.1, 0.15) is 5.75 Å². The summed E-state index contributed by atoms with van der Waals surface area (Å²) in [5.41, 5.74) is 4.31. The van der Waals surface area contributed by atoms with Gasteiger partial charge in [0, 0.05) is 36.3 Å². The van der Waals surface area contributed by atoms with Gasteiger partial charge in [-0.05, 0) is 50.1 Å². The minimum absolute atomic E-state index is 0.263. The van der Waals surface area contributed by atoms with Gasteiger partial charge in [-0.25, -0.2) is 4.98 Å². The third-order valence-corrected chi connectivity index (χ3v) is 4.96. The van der Waals surface area contributed by atoms with Crippen LogP contribution in [-0.2, 0) is 0 Å². The summed E-state index contributed by atoms with van der Waals surface area (Å²) in [6, 6.07) is 19.0. The van der Waals surface area contributed by atoms with Gasteiger partial charge in [0.25, 0.3) is 0 Å². The third kappa shape index (κ3) is 3.98. The minimum atomic E-state index is 0.263. The van der Waals surface area contributed by atoms with Crippen LogP contribution in [0.1, 0.15) is 33.6 Å². The van der Waals surface area contributed by atoms with Gasteiger partial charge in [0.2, 0.25) is 0 Å². The van der Waals surface area contributed by atoms with Crippen molar-refractivity contribution in [1.82, 2.24) is 4.98 Å². The number of hydrogen-bond donors (Lipinski definition) is 0. The number of aromatic nitrogens is 1. The Bertz CT molecular complexity index is 854. The molecular formula is C23H28N2O. The average molecular weight is 348 g/mol. The highest BCUT2D eigenvalue weighted by Crippen LogP contribution is 2.26. The highest BCUT2D eigenvalue weighted by atomic mass is 16.5. The highest BCUT2D eigenvalue weighted by Gasteiger charge is 2.08. The fourth-order valence-corrected chi connectivity index (χ4v) is 3.05. The number of hydrogen-bond acceptors (Lipinski definition) is 3. The maximum absolute atomic E-state index is 6.08. The largest absolute Gasteiger partial charge is 0.490 e. The topological polar surface area (TPSA) is 25.4 Å². The van der Waals surface area contributed by atoms with Gasteiger partial charge in [-0.2, -0.15) is 0 Å². The second-order valence-corrected chi connectivity index (χ2v) is 6.67. The first-order valence-corrected chi connectivity index (χ1v) is 9.53. The van der Waals surface area contributed by atoms with E-state index >= 15 is 0 Å². The first-order valence-electron chi connectivity index (χ1n) is 9.53. The molecule has 0 aliphatic carbocycles. The molecular weight excluding hydrogens is 320 g/mol. The van der Waals surface area contributed by atoms with E-state index in [0.29, 0.717) is 0 Å². The lowest BCUT2D eigenvalue weighted by Crippen LogP contribution is -2.15. The highest BCUT2D eigenvalue weighted by molar-refractivity contribution is 5.83. The van der Waals surface area contributed by atoms with E-state index in [4.69, 9.17) is 9.72 Å². The molecule has 0 aliphatic rings. The van der Waals surface area contributed by atoms with E-state index in [0.717, 1.165) is 47.3 Å². The molecule has 136 valence electrons. The first kappa shape index (κ1) is 18.2. The van der Waals surface area contributed by atoms with Crippen LogP contribution in [0.15, 0.2) is 54.6 Å². The third-order valence-electron chi connectivity index (χ3n) is 4.96. The molecule has 0 bridgehead atoms.